The third-order valence-electron chi connectivity index (χ3n) is 2.65. The molecule has 1 saturated heterocycles. The van der Waals surface area contributed by atoms with Gasteiger partial charge in [0.2, 0.25) is 0 Å². The van der Waals surface area contributed by atoms with E-state index in [1.807, 2.05) is 7.05 Å². The zero-order chi connectivity index (χ0) is 9.14. The number of hydrogen-bond acceptors (Lipinski definition) is 2. The second kappa shape index (κ2) is 3.90. The van der Waals surface area contributed by atoms with Crippen molar-refractivity contribution in [3.8, 4) is 0 Å². The van der Waals surface area contributed by atoms with Gasteiger partial charge in [0.25, 0.3) is 0 Å². The zero-order valence-electron chi connectivity index (χ0n) is 7.79. The first-order valence-electron chi connectivity index (χ1n) is 4.54. The van der Waals surface area contributed by atoms with Crippen molar-refractivity contribution in [3.63, 3.8) is 0 Å². The van der Waals surface area contributed by atoms with Gasteiger partial charge in [-0.3, -0.25) is 4.79 Å². The minimum atomic E-state index is -0.639. The summed E-state index contributed by atoms with van der Waals surface area (Å²) in [6.07, 6.45) is 1.95. The minimum Gasteiger partial charge on any atom is -0.481 e. The lowest BCUT2D eigenvalue weighted by atomic mass is 9.88. The number of likely N-dealkylation sites (tertiary alicyclic amines) is 1. The summed E-state index contributed by atoms with van der Waals surface area (Å²) in [7, 11) is 2.00. The summed E-state index contributed by atoms with van der Waals surface area (Å²) >= 11 is 0. The number of carboxylic acid groups (broad SMARTS) is 1. The van der Waals surface area contributed by atoms with E-state index in [2.05, 4.69) is 11.8 Å². The molecule has 12 heavy (non-hydrogen) atoms. The molecule has 2 unspecified atom stereocenters. The number of nitrogens with zero attached hydrogens (tertiary/aromatic N) is 1. The molecule has 1 N–H and O–H groups in total. The Bertz CT molecular complexity index is 170. The highest BCUT2D eigenvalue weighted by Gasteiger charge is 2.28. The Kier molecular flexibility index (Phi) is 3.09. The highest BCUT2D eigenvalue weighted by molar-refractivity contribution is 5.70. The van der Waals surface area contributed by atoms with Crippen molar-refractivity contribution in [3.05, 3.63) is 0 Å². The second-order valence-corrected chi connectivity index (χ2v) is 3.77. The van der Waals surface area contributed by atoms with E-state index in [0.717, 1.165) is 19.4 Å². The van der Waals surface area contributed by atoms with Gasteiger partial charge in [0.15, 0.2) is 0 Å². The summed E-state index contributed by atoms with van der Waals surface area (Å²) < 4.78 is 0. The molecule has 0 saturated carbocycles. The fourth-order valence-corrected chi connectivity index (χ4v) is 1.92. The molecule has 1 fully saturated rings. The van der Waals surface area contributed by atoms with Crippen LogP contribution in [0.1, 0.15) is 19.8 Å². The van der Waals surface area contributed by atoms with Crippen molar-refractivity contribution in [2.24, 2.45) is 11.8 Å². The van der Waals surface area contributed by atoms with E-state index in [0.29, 0.717) is 12.5 Å². The first kappa shape index (κ1) is 9.52. The Morgan fingerprint density at radius 1 is 1.58 bits per heavy atom. The van der Waals surface area contributed by atoms with Crippen molar-refractivity contribution in [1.29, 1.82) is 0 Å². The molecule has 70 valence electrons. The van der Waals surface area contributed by atoms with Crippen molar-refractivity contribution in [2.75, 3.05) is 20.1 Å². The lowest BCUT2D eigenvalue weighted by molar-refractivity contribution is -0.144. The molecule has 1 heterocycles. The summed E-state index contributed by atoms with van der Waals surface area (Å²) in [6, 6.07) is 0. The first-order chi connectivity index (χ1) is 5.63. The summed E-state index contributed by atoms with van der Waals surface area (Å²) in [5.74, 6) is -0.210. The number of aliphatic carboxylic acids is 1. The van der Waals surface area contributed by atoms with Gasteiger partial charge in [-0.25, -0.2) is 0 Å². The molecular weight excluding hydrogens is 154 g/mol. The SMILES string of the molecule is CCC1CC(C(=O)O)CN(C)C1. The molecule has 0 aromatic rings. The van der Waals surface area contributed by atoms with E-state index in [1.165, 1.54) is 0 Å². The third-order valence-corrected chi connectivity index (χ3v) is 2.65. The van der Waals surface area contributed by atoms with E-state index in [-0.39, 0.29) is 5.92 Å². The molecule has 0 bridgehead atoms. The quantitative estimate of drug-likeness (QED) is 0.675. The minimum absolute atomic E-state index is 0.145. The lowest BCUT2D eigenvalue weighted by Crippen LogP contribution is -2.40. The molecule has 0 spiro atoms. The van der Waals surface area contributed by atoms with Gasteiger partial charge in [0.05, 0.1) is 5.92 Å². The topological polar surface area (TPSA) is 40.5 Å². The van der Waals surface area contributed by atoms with Gasteiger partial charge < -0.3 is 10.0 Å². The van der Waals surface area contributed by atoms with Crippen molar-refractivity contribution in [1.82, 2.24) is 4.90 Å². The normalized spacial score (nSPS) is 31.8. The first-order valence-corrected chi connectivity index (χ1v) is 4.54. The number of carboxylic acids is 1. The Morgan fingerprint density at radius 2 is 2.25 bits per heavy atom. The maximum absolute atomic E-state index is 10.7. The average Bonchev–Trinajstić information content (AvgIpc) is 2.03. The Hall–Kier alpha value is -0.570. The number of hydrogen-bond donors (Lipinski definition) is 1. The fourth-order valence-electron chi connectivity index (χ4n) is 1.92. The molecule has 1 aliphatic rings. The van der Waals surface area contributed by atoms with Crippen LogP contribution in [0.3, 0.4) is 0 Å². The van der Waals surface area contributed by atoms with Gasteiger partial charge >= 0.3 is 5.97 Å². The van der Waals surface area contributed by atoms with E-state index >= 15 is 0 Å². The molecule has 2 atom stereocenters. The molecular formula is C9H17NO2. The van der Waals surface area contributed by atoms with E-state index in [1.54, 1.807) is 0 Å². The van der Waals surface area contributed by atoms with E-state index in [9.17, 15) is 4.79 Å². The van der Waals surface area contributed by atoms with E-state index in [4.69, 9.17) is 5.11 Å². The summed E-state index contributed by atoms with van der Waals surface area (Å²) in [5, 5.41) is 8.84. The predicted molar refractivity (Wildman–Crippen MR) is 47.0 cm³/mol. The van der Waals surface area contributed by atoms with Crippen LogP contribution in [0, 0.1) is 11.8 Å². The van der Waals surface area contributed by atoms with Crippen LogP contribution >= 0.6 is 0 Å². The van der Waals surface area contributed by atoms with Gasteiger partial charge in [-0.05, 0) is 19.4 Å². The van der Waals surface area contributed by atoms with Crippen molar-refractivity contribution in [2.45, 2.75) is 19.8 Å². The number of rotatable bonds is 2. The van der Waals surface area contributed by atoms with Gasteiger partial charge in [-0.1, -0.05) is 13.3 Å². The highest BCUT2D eigenvalue weighted by Crippen LogP contribution is 2.23. The van der Waals surface area contributed by atoms with E-state index < -0.39 is 5.97 Å². The molecule has 3 heteroatoms. The van der Waals surface area contributed by atoms with Crippen LogP contribution < -0.4 is 0 Å². The molecule has 3 nitrogen and oxygen atoms in total. The molecule has 0 aliphatic carbocycles. The predicted octanol–water partition coefficient (Wildman–Crippen LogP) is 1.05. The number of carbonyl (C=O) groups is 1. The number of piperidine rings is 1. The van der Waals surface area contributed by atoms with Crippen molar-refractivity contribution >= 4 is 5.97 Å². The Balaban J connectivity index is 2.51. The van der Waals surface area contributed by atoms with Crippen LogP contribution in [0.2, 0.25) is 0 Å². The highest BCUT2D eigenvalue weighted by atomic mass is 16.4. The van der Waals surface area contributed by atoms with Crippen molar-refractivity contribution < 1.29 is 9.90 Å². The lowest BCUT2D eigenvalue weighted by Gasteiger charge is -2.33. The molecule has 1 rings (SSSR count). The van der Waals surface area contributed by atoms with Crippen LogP contribution in [0.4, 0.5) is 0 Å². The van der Waals surface area contributed by atoms with Gasteiger partial charge in [-0.2, -0.15) is 0 Å². The summed E-state index contributed by atoms with van der Waals surface area (Å²) in [6.45, 7) is 3.90. The maximum Gasteiger partial charge on any atom is 0.307 e. The molecule has 0 aromatic carbocycles. The molecule has 0 aromatic heterocycles. The summed E-state index contributed by atoms with van der Waals surface area (Å²) in [4.78, 5) is 12.9. The van der Waals surface area contributed by atoms with Gasteiger partial charge in [-0.15, -0.1) is 0 Å². The smallest absolute Gasteiger partial charge is 0.307 e. The molecule has 0 amide bonds. The standard InChI is InChI=1S/C9H17NO2/c1-3-7-4-8(9(11)12)6-10(2)5-7/h7-8H,3-6H2,1-2H3,(H,11,12). The van der Waals surface area contributed by atoms with Crippen LogP contribution in [-0.2, 0) is 4.79 Å². The van der Waals surface area contributed by atoms with Crippen LogP contribution in [-0.4, -0.2) is 36.1 Å². The Labute approximate surface area is 73.4 Å². The van der Waals surface area contributed by atoms with Crippen LogP contribution in [0.5, 0.6) is 0 Å². The zero-order valence-corrected chi connectivity index (χ0v) is 7.79. The second-order valence-electron chi connectivity index (χ2n) is 3.77. The van der Waals surface area contributed by atoms with Crippen LogP contribution in [0.25, 0.3) is 0 Å². The maximum atomic E-state index is 10.7. The summed E-state index contributed by atoms with van der Waals surface area (Å²) in [5.41, 5.74) is 0. The Morgan fingerprint density at radius 3 is 2.75 bits per heavy atom. The van der Waals surface area contributed by atoms with Gasteiger partial charge in [0.1, 0.15) is 0 Å². The fraction of sp³-hybridized carbons (Fsp3) is 0.889. The van der Waals surface area contributed by atoms with Gasteiger partial charge in [0, 0.05) is 13.1 Å². The monoisotopic (exact) mass is 171 g/mol. The molecule has 0 radical (unpaired) electrons. The average molecular weight is 171 g/mol. The van der Waals surface area contributed by atoms with Crippen LogP contribution in [0.15, 0.2) is 0 Å². The third kappa shape index (κ3) is 2.21. The molecule has 1 aliphatic heterocycles. The largest absolute Gasteiger partial charge is 0.481 e.